The first-order valence-corrected chi connectivity index (χ1v) is 14.2. The molecule has 2 aromatic carbocycles. The van der Waals surface area contributed by atoms with Crippen molar-refractivity contribution in [2.45, 2.75) is 6.18 Å². The van der Waals surface area contributed by atoms with Gasteiger partial charge in [-0.1, -0.05) is 23.7 Å². The molecular weight excluding hydrogens is 563 g/mol. The third-order valence-electron chi connectivity index (χ3n) is 6.00. The summed E-state index contributed by atoms with van der Waals surface area (Å²) in [6, 6.07) is 13.0. The van der Waals surface area contributed by atoms with Crippen LogP contribution in [-0.4, -0.2) is 95.1 Å². The number of anilines is 3. The van der Waals surface area contributed by atoms with Crippen molar-refractivity contribution in [2.75, 3.05) is 73.1 Å². The molecule has 10 nitrogen and oxygen atoms in total. The van der Waals surface area contributed by atoms with E-state index in [1.54, 1.807) is 17.0 Å². The van der Waals surface area contributed by atoms with Crippen molar-refractivity contribution in [3.8, 4) is 0 Å². The van der Waals surface area contributed by atoms with E-state index < -0.39 is 22.2 Å². The summed E-state index contributed by atoms with van der Waals surface area (Å²) >= 11 is 6.32. The molecule has 39 heavy (non-hydrogen) atoms. The van der Waals surface area contributed by atoms with Crippen LogP contribution < -0.4 is 19.8 Å². The number of hydrogen-bond acceptors (Lipinski definition) is 7. The van der Waals surface area contributed by atoms with E-state index in [1.807, 2.05) is 30.3 Å². The number of rotatable bonds is 5. The summed E-state index contributed by atoms with van der Waals surface area (Å²) in [6.45, 7) is 5.71. The second-order valence-electron chi connectivity index (χ2n) is 8.88. The SMILES string of the molecule is CS(=O)(=O)Nc1cc(C(=O)N2CCN(c3ccccc3Cl)CC2)ccc1N1CCNCC1.O=C(O)C(F)(F)F. The van der Waals surface area contributed by atoms with Crippen molar-refractivity contribution in [3.05, 3.63) is 53.1 Å². The highest BCUT2D eigenvalue weighted by molar-refractivity contribution is 7.92. The molecule has 0 aliphatic carbocycles. The molecule has 1 amide bonds. The number of amides is 1. The van der Waals surface area contributed by atoms with Crippen molar-refractivity contribution in [1.82, 2.24) is 10.2 Å². The fourth-order valence-corrected chi connectivity index (χ4v) is 4.99. The fraction of sp³-hybridized carbons (Fsp3) is 0.417. The molecule has 0 bridgehead atoms. The van der Waals surface area contributed by atoms with Gasteiger partial charge in [0.05, 0.1) is 28.3 Å². The van der Waals surface area contributed by atoms with Crippen LogP contribution in [0.2, 0.25) is 5.02 Å². The standard InChI is InChI=1S/C22H28ClN5O3S.C2HF3O2/c1-32(30,31)25-19-16-17(6-7-21(19)26-10-8-24-9-11-26)22(29)28-14-12-27(13-15-28)20-5-3-2-4-18(20)23;3-2(4,5)1(6)7/h2-7,16,24-25H,8-15H2,1H3;(H,6,7). The summed E-state index contributed by atoms with van der Waals surface area (Å²) < 4.78 is 58.3. The van der Waals surface area contributed by atoms with Gasteiger partial charge in [0.15, 0.2) is 0 Å². The predicted molar refractivity (Wildman–Crippen MR) is 143 cm³/mol. The average molecular weight is 592 g/mol. The summed E-state index contributed by atoms with van der Waals surface area (Å²) in [5.41, 5.74) is 2.68. The molecule has 0 radical (unpaired) electrons. The van der Waals surface area contributed by atoms with E-state index in [4.69, 9.17) is 21.5 Å². The summed E-state index contributed by atoms with van der Waals surface area (Å²) in [4.78, 5) is 28.2. The van der Waals surface area contributed by atoms with Gasteiger partial charge in [-0.3, -0.25) is 9.52 Å². The summed E-state index contributed by atoms with van der Waals surface area (Å²) in [5.74, 6) is -2.86. The first kappa shape index (κ1) is 30.3. The quantitative estimate of drug-likeness (QED) is 0.485. The number of nitrogens with one attached hydrogen (secondary N) is 2. The first-order chi connectivity index (χ1) is 18.3. The van der Waals surface area contributed by atoms with E-state index in [2.05, 4.69) is 19.8 Å². The minimum absolute atomic E-state index is 0.104. The average Bonchev–Trinajstić information content (AvgIpc) is 2.88. The van der Waals surface area contributed by atoms with E-state index in [1.165, 1.54) is 0 Å². The first-order valence-electron chi connectivity index (χ1n) is 11.9. The van der Waals surface area contributed by atoms with Crippen LogP contribution in [-0.2, 0) is 14.8 Å². The van der Waals surface area contributed by atoms with Crippen molar-refractivity contribution >= 4 is 50.6 Å². The van der Waals surface area contributed by atoms with Crippen LogP contribution in [0.3, 0.4) is 0 Å². The zero-order valence-corrected chi connectivity index (χ0v) is 22.6. The number of carboxylic acid groups (broad SMARTS) is 1. The lowest BCUT2D eigenvalue weighted by molar-refractivity contribution is -0.192. The van der Waals surface area contributed by atoms with Crippen LogP contribution in [0.5, 0.6) is 0 Å². The molecule has 3 N–H and O–H groups in total. The van der Waals surface area contributed by atoms with Crippen molar-refractivity contribution in [2.24, 2.45) is 0 Å². The number of hydrogen-bond donors (Lipinski definition) is 3. The number of carbonyl (C=O) groups excluding carboxylic acids is 1. The predicted octanol–water partition coefficient (Wildman–Crippen LogP) is 2.72. The lowest BCUT2D eigenvalue weighted by atomic mass is 10.1. The number of para-hydroxylation sites is 1. The molecule has 2 aromatic rings. The van der Waals surface area contributed by atoms with E-state index in [9.17, 15) is 26.4 Å². The molecular formula is C24H29ClF3N5O5S. The zero-order valence-electron chi connectivity index (χ0n) is 21.0. The van der Waals surface area contributed by atoms with Crippen LogP contribution in [0.4, 0.5) is 30.2 Å². The van der Waals surface area contributed by atoms with Gasteiger partial charge in [-0.25, -0.2) is 13.2 Å². The van der Waals surface area contributed by atoms with E-state index in [0.29, 0.717) is 42.5 Å². The number of carbonyl (C=O) groups is 2. The molecule has 0 saturated carbocycles. The van der Waals surface area contributed by atoms with Gasteiger partial charge in [-0.2, -0.15) is 13.2 Å². The van der Waals surface area contributed by atoms with Crippen molar-refractivity contribution in [3.63, 3.8) is 0 Å². The Kier molecular flexibility index (Phi) is 9.91. The third kappa shape index (κ3) is 8.63. The van der Waals surface area contributed by atoms with Gasteiger partial charge in [0, 0.05) is 57.9 Å². The minimum atomic E-state index is -5.08. The van der Waals surface area contributed by atoms with Gasteiger partial charge in [0.25, 0.3) is 5.91 Å². The van der Waals surface area contributed by atoms with Crippen LogP contribution in [0.15, 0.2) is 42.5 Å². The summed E-state index contributed by atoms with van der Waals surface area (Å²) in [6.07, 6.45) is -3.96. The third-order valence-corrected chi connectivity index (χ3v) is 6.91. The maximum Gasteiger partial charge on any atom is 0.490 e. The summed E-state index contributed by atoms with van der Waals surface area (Å²) in [7, 11) is -3.48. The molecule has 2 fully saturated rings. The molecule has 2 aliphatic heterocycles. The van der Waals surface area contributed by atoms with Gasteiger partial charge in [0.1, 0.15) is 0 Å². The van der Waals surface area contributed by atoms with Crippen LogP contribution in [0, 0.1) is 0 Å². The molecule has 0 atom stereocenters. The minimum Gasteiger partial charge on any atom is -0.475 e. The molecule has 2 heterocycles. The molecule has 0 unspecified atom stereocenters. The Balaban J connectivity index is 0.000000532. The Morgan fingerprint density at radius 3 is 2.05 bits per heavy atom. The van der Waals surface area contributed by atoms with Gasteiger partial charge < -0.3 is 25.1 Å². The van der Waals surface area contributed by atoms with E-state index in [-0.39, 0.29) is 5.91 Å². The lowest BCUT2D eigenvalue weighted by Gasteiger charge is -2.36. The number of nitrogens with zero attached hydrogens (tertiary/aromatic N) is 3. The zero-order chi connectivity index (χ0) is 28.8. The van der Waals surface area contributed by atoms with Gasteiger partial charge in [-0.05, 0) is 30.3 Å². The molecule has 2 saturated heterocycles. The van der Waals surface area contributed by atoms with Crippen LogP contribution in [0.1, 0.15) is 10.4 Å². The van der Waals surface area contributed by atoms with E-state index >= 15 is 0 Å². The van der Waals surface area contributed by atoms with Gasteiger partial charge in [0.2, 0.25) is 10.0 Å². The highest BCUT2D eigenvalue weighted by Crippen LogP contribution is 2.30. The largest absolute Gasteiger partial charge is 0.490 e. The van der Waals surface area contributed by atoms with Crippen molar-refractivity contribution in [1.29, 1.82) is 0 Å². The number of alkyl halides is 3. The summed E-state index contributed by atoms with van der Waals surface area (Å²) in [5, 5.41) is 11.1. The van der Waals surface area contributed by atoms with Crippen LogP contribution in [0.25, 0.3) is 0 Å². The Bertz CT molecular complexity index is 1280. The van der Waals surface area contributed by atoms with Gasteiger partial charge >= 0.3 is 12.1 Å². The number of aliphatic carboxylic acids is 1. The smallest absolute Gasteiger partial charge is 0.475 e. The molecule has 2 aliphatic rings. The molecule has 4 rings (SSSR count). The van der Waals surface area contributed by atoms with Crippen LogP contribution >= 0.6 is 11.6 Å². The second kappa shape index (κ2) is 12.7. The normalized spacial score (nSPS) is 16.3. The fourth-order valence-electron chi connectivity index (χ4n) is 4.17. The number of piperazine rings is 2. The lowest BCUT2D eigenvalue weighted by Crippen LogP contribution is -2.49. The van der Waals surface area contributed by atoms with E-state index in [0.717, 1.165) is 43.8 Å². The van der Waals surface area contributed by atoms with Crippen molar-refractivity contribution < 1.29 is 36.3 Å². The molecule has 0 spiro atoms. The number of halogens is 4. The monoisotopic (exact) mass is 591 g/mol. The Hall–Kier alpha value is -3.23. The topological polar surface area (TPSA) is 122 Å². The Morgan fingerprint density at radius 2 is 1.51 bits per heavy atom. The maximum absolute atomic E-state index is 13.2. The highest BCUT2D eigenvalue weighted by Gasteiger charge is 2.38. The Labute approximate surface area is 229 Å². The molecule has 0 aromatic heterocycles. The number of carboxylic acids is 1. The number of sulfonamides is 1. The second-order valence-corrected chi connectivity index (χ2v) is 11.0. The maximum atomic E-state index is 13.2. The highest BCUT2D eigenvalue weighted by atomic mass is 35.5. The van der Waals surface area contributed by atoms with Gasteiger partial charge in [-0.15, -0.1) is 0 Å². The Morgan fingerprint density at radius 1 is 0.949 bits per heavy atom. The molecule has 214 valence electrons. The number of benzene rings is 2. The molecule has 15 heteroatoms.